The van der Waals surface area contributed by atoms with Crippen LogP contribution in [0.1, 0.15) is 46.5 Å². The first-order valence-electron chi connectivity index (χ1n) is 7.59. The molecule has 1 nitrogen and oxygen atoms in total. The third kappa shape index (κ3) is 6.51. The second-order valence-electron chi connectivity index (χ2n) is 6.58. The van der Waals surface area contributed by atoms with Gasteiger partial charge in [-0.05, 0) is 0 Å². The summed E-state index contributed by atoms with van der Waals surface area (Å²) in [6, 6.07) is 0. The van der Waals surface area contributed by atoms with Gasteiger partial charge >= 0.3 is 120 Å². The van der Waals surface area contributed by atoms with E-state index in [1.807, 2.05) is 0 Å². The Balaban J connectivity index is 4.66. The SMILES string of the molecule is CCC[CH2][Sn]([CH3])([CH3])[N](CC)[Sn]([CH3])([CH3])[CH2]CCC. The molecule has 0 fully saturated rings. The van der Waals surface area contributed by atoms with E-state index >= 15 is 0 Å². The summed E-state index contributed by atoms with van der Waals surface area (Å²) in [4.78, 5) is 10.7. The number of nitrogens with zero attached hydrogens (tertiary/aromatic N) is 1. The third-order valence-electron chi connectivity index (χ3n) is 4.06. The molecule has 0 aromatic carbocycles. The summed E-state index contributed by atoms with van der Waals surface area (Å²) in [5.74, 6) is 0. The second kappa shape index (κ2) is 8.67. The van der Waals surface area contributed by atoms with E-state index in [1.165, 1.54) is 32.2 Å². The summed E-state index contributed by atoms with van der Waals surface area (Å²) in [5, 5.41) is 0. The zero-order valence-electron chi connectivity index (χ0n) is 13.4. The molecule has 0 aliphatic heterocycles. The molecule has 0 radical (unpaired) electrons. The fourth-order valence-corrected chi connectivity index (χ4v) is 56.9. The summed E-state index contributed by atoms with van der Waals surface area (Å²) in [7, 11) is 0. The van der Waals surface area contributed by atoms with Crippen LogP contribution in [0.3, 0.4) is 0 Å². The predicted molar refractivity (Wildman–Crippen MR) is 86.8 cm³/mol. The zero-order chi connectivity index (χ0) is 13.5. The molecule has 0 bridgehead atoms. The molecule has 0 aliphatic rings. The molecule has 0 saturated carbocycles. The first-order valence-corrected chi connectivity index (χ1v) is 25.6. The van der Waals surface area contributed by atoms with Gasteiger partial charge in [-0.2, -0.15) is 0 Å². The van der Waals surface area contributed by atoms with Crippen molar-refractivity contribution >= 4 is 37.3 Å². The van der Waals surface area contributed by atoms with E-state index in [1.54, 1.807) is 8.87 Å². The molecule has 17 heavy (non-hydrogen) atoms. The van der Waals surface area contributed by atoms with Gasteiger partial charge in [-0.15, -0.1) is 0 Å². The van der Waals surface area contributed by atoms with Crippen LogP contribution in [0.15, 0.2) is 0 Å². The Hall–Kier alpha value is 1.56. The van der Waals surface area contributed by atoms with Crippen LogP contribution >= 0.6 is 0 Å². The van der Waals surface area contributed by atoms with Crippen LogP contribution in [-0.4, -0.2) is 45.2 Å². The van der Waals surface area contributed by atoms with Gasteiger partial charge in [-0.1, -0.05) is 0 Å². The van der Waals surface area contributed by atoms with Crippen LogP contribution in [0, 0.1) is 0 Å². The van der Waals surface area contributed by atoms with E-state index in [9.17, 15) is 0 Å². The van der Waals surface area contributed by atoms with E-state index in [2.05, 4.69) is 41.9 Å². The van der Waals surface area contributed by atoms with Crippen LogP contribution in [0.25, 0.3) is 0 Å². The molecule has 0 aromatic heterocycles. The minimum absolute atomic E-state index is 1.35. The summed E-state index contributed by atoms with van der Waals surface area (Å²) in [6.45, 7) is 8.43. The van der Waals surface area contributed by atoms with E-state index in [4.69, 9.17) is 0 Å². The molecular formula is C14H35NSn2. The van der Waals surface area contributed by atoms with E-state index < -0.39 is 37.3 Å². The van der Waals surface area contributed by atoms with Crippen molar-refractivity contribution in [2.24, 2.45) is 0 Å². The van der Waals surface area contributed by atoms with Crippen molar-refractivity contribution < 1.29 is 0 Å². The average molecular weight is 455 g/mol. The molecule has 104 valence electrons. The second-order valence-corrected chi connectivity index (χ2v) is 36.8. The Kier molecular flexibility index (Phi) is 9.47. The van der Waals surface area contributed by atoms with Gasteiger partial charge in [0.05, 0.1) is 0 Å². The van der Waals surface area contributed by atoms with Gasteiger partial charge in [-0.3, -0.25) is 0 Å². The minimum atomic E-state index is -1.90. The van der Waals surface area contributed by atoms with Crippen LogP contribution in [-0.2, 0) is 0 Å². The van der Waals surface area contributed by atoms with Crippen molar-refractivity contribution in [2.75, 3.05) is 6.54 Å². The normalized spacial score (nSPS) is 13.4. The van der Waals surface area contributed by atoms with Crippen molar-refractivity contribution in [1.82, 2.24) is 1.34 Å². The predicted octanol–water partition coefficient (Wildman–Crippen LogP) is 5.32. The van der Waals surface area contributed by atoms with Crippen molar-refractivity contribution in [3.8, 4) is 0 Å². The van der Waals surface area contributed by atoms with Crippen LogP contribution < -0.4 is 0 Å². The topological polar surface area (TPSA) is 3.24 Å². The van der Waals surface area contributed by atoms with Crippen molar-refractivity contribution in [3.05, 3.63) is 0 Å². The fraction of sp³-hybridized carbons (Fsp3) is 1.00. The summed E-state index contributed by atoms with van der Waals surface area (Å²) < 4.78 is 6.28. The first kappa shape index (κ1) is 18.6. The van der Waals surface area contributed by atoms with E-state index in [0.29, 0.717) is 0 Å². The molecule has 0 aliphatic carbocycles. The molecule has 0 unspecified atom stereocenters. The molecule has 3 heteroatoms. The fourth-order valence-electron chi connectivity index (χ4n) is 3.16. The third-order valence-corrected chi connectivity index (χ3v) is 46.4. The standard InChI is InChI=1S/2C4H9.C2H5N.4CH3.2Sn/c2*1-3-4-2;1-2-3;;;;;;/h2*1,3-4H2,2H3;2H2,1H3;4*1H3;;. The number of hydrogen-bond acceptors (Lipinski definition) is 1. The van der Waals surface area contributed by atoms with Crippen LogP contribution in [0.5, 0.6) is 0 Å². The van der Waals surface area contributed by atoms with Crippen LogP contribution in [0.4, 0.5) is 0 Å². The van der Waals surface area contributed by atoms with Gasteiger partial charge in [0.1, 0.15) is 0 Å². The molecule has 0 atom stereocenters. The van der Waals surface area contributed by atoms with E-state index in [-0.39, 0.29) is 0 Å². The van der Waals surface area contributed by atoms with Crippen molar-refractivity contribution in [3.63, 3.8) is 0 Å². The van der Waals surface area contributed by atoms with Gasteiger partial charge in [0.15, 0.2) is 0 Å². The number of rotatable bonds is 9. The number of unbranched alkanes of at least 4 members (excludes halogenated alkanes) is 2. The zero-order valence-corrected chi connectivity index (χ0v) is 19.1. The summed E-state index contributed by atoms with van der Waals surface area (Å²) >= 11 is -3.80. The maximum atomic E-state index is 3.13. The van der Waals surface area contributed by atoms with Gasteiger partial charge in [0.25, 0.3) is 0 Å². The Labute approximate surface area is 119 Å². The molecule has 0 aromatic rings. The summed E-state index contributed by atoms with van der Waals surface area (Å²) in [5.41, 5.74) is 0. The van der Waals surface area contributed by atoms with Gasteiger partial charge < -0.3 is 0 Å². The Morgan fingerprint density at radius 3 is 1.29 bits per heavy atom. The monoisotopic (exact) mass is 457 g/mol. The molecule has 0 N–H and O–H groups in total. The summed E-state index contributed by atoms with van der Waals surface area (Å²) in [6.07, 6.45) is 5.69. The van der Waals surface area contributed by atoms with Gasteiger partial charge in [0, 0.05) is 0 Å². The Bertz CT molecular complexity index is 182. The first-order chi connectivity index (χ1) is 7.81. The molecule has 0 amide bonds. The van der Waals surface area contributed by atoms with Crippen molar-refractivity contribution in [1.29, 1.82) is 0 Å². The quantitative estimate of drug-likeness (QED) is 0.426. The van der Waals surface area contributed by atoms with E-state index in [0.717, 1.165) is 0 Å². The molecule has 0 spiro atoms. The number of hydrogen-bond donors (Lipinski definition) is 0. The van der Waals surface area contributed by atoms with Crippen LogP contribution in [0.2, 0.25) is 28.6 Å². The molecule has 0 rings (SSSR count). The molecule has 0 heterocycles. The van der Waals surface area contributed by atoms with Crippen molar-refractivity contribution in [2.45, 2.75) is 75.1 Å². The Morgan fingerprint density at radius 1 is 0.706 bits per heavy atom. The Morgan fingerprint density at radius 2 is 1.06 bits per heavy atom. The average Bonchev–Trinajstić information content (AvgIpc) is 2.24. The maximum absolute atomic E-state index is 3.13. The molecular weight excluding hydrogens is 420 g/mol. The van der Waals surface area contributed by atoms with Gasteiger partial charge in [-0.25, -0.2) is 0 Å². The van der Waals surface area contributed by atoms with Gasteiger partial charge in [0.2, 0.25) is 0 Å². The molecule has 0 saturated heterocycles.